The molecular formula is C18H17N3OS. The number of nitrogens with one attached hydrogen (secondary N) is 2. The van der Waals surface area contributed by atoms with E-state index < -0.39 is 0 Å². The Labute approximate surface area is 139 Å². The zero-order valence-electron chi connectivity index (χ0n) is 13.0. The van der Waals surface area contributed by atoms with Gasteiger partial charge < -0.3 is 10.6 Å². The molecule has 2 N–H and O–H groups in total. The number of amides is 1. The van der Waals surface area contributed by atoms with Gasteiger partial charge in [0.25, 0.3) is 5.91 Å². The molecule has 0 atom stereocenters. The number of hydrogen-bond acceptors (Lipinski definition) is 4. The van der Waals surface area contributed by atoms with Crippen molar-refractivity contribution in [1.29, 1.82) is 0 Å². The highest BCUT2D eigenvalue weighted by molar-refractivity contribution is 7.14. The van der Waals surface area contributed by atoms with Gasteiger partial charge in [-0.2, -0.15) is 0 Å². The molecular weight excluding hydrogens is 306 g/mol. The number of hydrogen-bond donors (Lipinski definition) is 2. The van der Waals surface area contributed by atoms with Crippen LogP contribution in [-0.2, 0) is 0 Å². The number of aryl methyl sites for hydroxylation is 1. The summed E-state index contributed by atoms with van der Waals surface area (Å²) in [6.45, 7) is 4.02. The molecule has 0 unspecified atom stereocenters. The molecule has 2 aromatic carbocycles. The summed E-state index contributed by atoms with van der Waals surface area (Å²) >= 11 is 1.41. The van der Waals surface area contributed by atoms with Gasteiger partial charge in [0.15, 0.2) is 5.13 Å². The van der Waals surface area contributed by atoms with Crippen LogP contribution in [0, 0.1) is 13.8 Å². The van der Waals surface area contributed by atoms with E-state index in [9.17, 15) is 4.79 Å². The normalized spacial score (nSPS) is 10.3. The third kappa shape index (κ3) is 3.57. The van der Waals surface area contributed by atoms with E-state index in [2.05, 4.69) is 15.6 Å². The number of aromatic nitrogens is 1. The number of para-hydroxylation sites is 1. The third-order valence-electron chi connectivity index (χ3n) is 3.61. The summed E-state index contributed by atoms with van der Waals surface area (Å²) in [5.41, 5.74) is 4.39. The Morgan fingerprint density at radius 2 is 1.83 bits per heavy atom. The van der Waals surface area contributed by atoms with Crippen molar-refractivity contribution in [3.05, 3.63) is 70.7 Å². The predicted molar refractivity (Wildman–Crippen MR) is 95.7 cm³/mol. The zero-order chi connectivity index (χ0) is 16.2. The number of nitrogens with zero attached hydrogens (tertiary/aromatic N) is 1. The van der Waals surface area contributed by atoms with Crippen LogP contribution in [0.15, 0.2) is 53.9 Å². The molecule has 0 aliphatic heterocycles. The van der Waals surface area contributed by atoms with Crippen LogP contribution in [0.3, 0.4) is 0 Å². The third-order valence-corrected chi connectivity index (χ3v) is 4.37. The van der Waals surface area contributed by atoms with E-state index in [0.717, 1.165) is 22.5 Å². The Hall–Kier alpha value is -2.66. The highest BCUT2D eigenvalue weighted by atomic mass is 32.1. The first-order valence-corrected chi connectivity index (χ1v) is 8.16. The highest BCUT2D eigenvalue weighted by Crippen LogP contribution is 2.22. The average molecular weight is 323 g/mol. The summed E-state index contributed by atoms with van der Waals surface area (Å²) < 4.78 is 0. The second-order valence-corrected chi connectivity index (χ2v) is 6.09. The minimum Gasteiger partial charge on any atom is -0.332 e. The number of carbonyl (C=O) groups is 1. The highest BCUT2D eigenvalue weighted by Gasteiger charge is 2.12. The van der Waals surface area contributed by atoms with Gasteiger partial charge in [0.2, 0.25) is 0 Å². The summed E-state index contributed by atoms with van der Waals surface area (Å²) in [5, 5.41) is 8.57. The minimum absolute atomic E-state index is 0.198. The Kier molecular flexibility index (Phi) is 4.39. The van der Waals surface area contributed by atoms with Gasteiger partial charge in [-0.15, -0.1) is 11.3 Å². The van der Waals surface area contributed by atoms with E-state index in [1.165, 1.54) is 11.3 Å². The first-order valence-electron chi connectivity index (χ1n) is 7.28. The maximum Gasteiger partial charge on any atom is 0.275 e. The summed E-state index contributed by atoms with van der Waals surface area (Å²) in [6.07, 6.45) is 0. The first-order chi connectivity index (χ1) is 11.1. The van der Waals surface area contributed by atoms with Gasteiger partial charge in [0.1, 0.15) is 5.69 Å². The molecule has 3 aromatic rings. The van der Waals surface area contributed by atoms with Gasteiger partial charge in [-0.1, -0.05) is 30.3 Å². The van der Waals surface area contributed by atoms with Crippen LogP contribution in [0.25, 0.3) is 0 Å². The molecule has 1 amide bonds. The van der Waals surface area contributed by atoms with Crippen LogP contribution in [-0.4, -0.2) is 10.9 Å². The smallest absolute Gasteiger partial charge is 0.275 e. The van der Waals surface area contributed by atoms with Crippen LogP contribution in [0.2, 0.25) is 0 Å². The summed E-state index contributed by atoms with van der Waals surface area (Å²) in [5.74, 6) is -0.198. The van der Waals surface area contributed by atoms with Gasteiger partial charge in [-0.3, -0.25) is 4.79 Å². The van der Waals surface area contributed by atoms with E-state index in [4.69, 9.17) is 0 Å². The van der Waals surface area contributed by atoms with Gasteiger partial charge >= 0.3 is 0 Å². The molecule has 5 heteroatoms. The van der Waals surface area contributed by atoms with Crippen molar-refractivity contribution in [2.45, 2.75) is 13.8 Å². The summed E-state index contributed by atoms with van der Waals surface area (Å²) in [6, 6.07) is 15.6. The molecule has 0 aliphatic carbocycles. The topological polar surface area (TPSA) is 54.0 Å². The molecule has 116 valence electrons. The van der Waals surface area contributed by atoms with Crippen molar-refractivity contribution in [1.82, 2.24) is 4.98 Å². The molecule has 0 radical (unpaired) electrons. The Balaban J connectivity index is 1.72. The molecule has 0 fully saturated rings. The van der Waals surface area contributed by atoms with Crippen LogP contribution < -0.4 is 10.6 Å². The number of anilines is 3. The minimum atomic E-state index is -0.198. The lowest BCUT2D eigenvalue weighted by Gasteiger charge is -2.09. The number of rotatable bonds is 4. The van der Waals surface area contributed by atoms with Gasteiger partial charge in [-0.25, -0.2) is 4.98 Å². The lowest BCUT2D eigenvalue weighted by Crippen LogP contribution is -2.13. The molecule has 1 heterocycles. The van der Waals surface area contributed by atoms with Crippen molar-refractivity contribution < 1.29 is 4.79 Å². The molecule has 0 saturated carbocycles. The molecule has 4 nitrogen and oxygen atoms in total. The fraction of sp³-hybridized carbons (Fsp3) is 0.111. The standard InChI is InChI=1S/C18H17N3OS/c1-12-7-6-10-15(13(12)2)20-17(22)16-11-23-18(21-16)19-14-8-4-3-5-9-14/h3-11H,1-2H3,(H,19,21)(H,20,22). The fourth-order valence-electron chi connectivity index (χ4n) is 2.15. The van der Waals surface area contributed by atoms with Crippen LogP contribution in [0.4, 0.5) is 16.5 Å². The van der Waals surface area contributed by atoms with Crippen LogP contribution in [0.1, 0.15) is 21.6 Å². The van der Waals surface area contributed by atoms with E-state index in [1.54, 1.807) is 5.38 Å². The maximum atomic E-state index is 12.3. The second kappa shape index (κ2) is 6.62. The number of thiazole rings is 1. The summed E-state index contributed by atoms with van der Waals surface area (Å²) in [7, 11) is 0. The van der Waals surface area contributed by atoms with Gasteiger partial charge in [-0.05, 0) is 43.2 Å². The van der Waals surface area contributed by atoms with E-state index in [0.29, 0.717) is 10.8 Å². The largest absolute Gasteiger partial charge is 0.332 e. The van der Waals surface area contributed by atoms with E-state index in [-0.39, 0.29) is 5.91 Å². The van der Waals surface area contributed by atoms with E-state index in [1.807, 2.05) is 62.4 Å². The molecule has 23 heavy (non-hydrogen) atoms. The lowest BCUT2D eigenvalue weighted by atomic mass is 10.1. The van der Waals surface area contributed by atoms with E-state index >= 15 is 0 Å². The van der Waals surface area contributed by atoms with Crippen molar-refractivity contribution in [2.24, 2.45) is 0 Å². The lowest BCUT2D eigenvalue weighted by molar-refractivity contribution is 0.102. The molecule has 3 rings (SSSR count). The predicted octanol–water partition coefficient (Wildman–Crippen LogP) is 4.76. The van der Waals surface area contributed by atoms with Crippen molar-refractivity contribution in [2.75, 3.05) is 10.6 Å². The molecule has 0 bridgehead atoms. The monoisotopic (exact) mass is 323 g/mol. The molecule has 1 aromatic heterocycles. The maximum absolute atomic E-state index is 12.3. The second-order valence-electron chi connectivity index (χ2n) is 5.23. The Morgan fingerprint density at radius 3 is 2.61 bits per heavy atom. The quantitative estimate of drug-likeness (QED) is 0.728. The van der Waals surface area contributed by atoms with Crippen LogP contribution >= 0.6 is 11.3 Å². The molecule has 0 aliphatic rings. The zero-order valence-corrected chi connectivity index (χ0v) is 13.8. The van der Waals surface area contributed by atoms with Gasteiger partial charge in [0.05, 0.1) is 0 Å². The van der Waals surface area contributed by atoms with Crippen molar-refractivity contribution in [3.63, 3.8) is 0 Å². The Morgan fingerprint density at radius 1 is 1.04 bits per heavy atom. The number of carbonyl (C=O) groups excluding carboxylic acids is 1. The Bertz CT molecular complexity index is 827. The van der Waals surface area contributed by atoms with Crippen molar-refractivity contribution >= 4 is 33.8 Å². The number of benzene rings is 2. The van der Waals surface area contributed by atoms with Gasteiger partial charge in [0, 0.05) is 16.8 Å². The molecule has 0 spiro atoms. The van der Waals surface area contributed by atoms with Crippen LogP contribution in [0.5, 0.6) is 0 Å². The summed E-state index contributed by atoms with van der Waals surface area (Å²) in [4.78, 5) is 16.7. The molecule has 0 saturated heterocycles. The SMILES string of the molecule is Cc1cccc(NC(=O)c2csc(Nc3ccccc3)n2)c1C. The fourth-order valence-corrected chi connectivity index (χ4v) is 2.86. The first kappa shape index (κ1) is 15.2. The average Bonchev–Trinajstić information content (AvgIpc) is 3.01. The van der Waals surface area contributed by atoms with Crippen molar-refractivity contribution in [3.8, 4) is 0 Å².